The maximum atomic E-state index is 13.4. The zero-order chi connectivity index (χ0) is 13.2. The van der Waals surface area contributed by atoms with E-state index >= 15 is 0 Å². The topological polar surface area (TPSA) is 46.5 Å². The van der Waals surface area contributed by atoms with Gasteiger partial charge in [-0.2, -0.15) is 13.2 Å². The lowest BCUT2D eigenvalue weighted by Crippen LogP contribution is -2.17. The van der Waals surface area contributed by atoms with Gasteiger partial charge in [0.1, 0.15) is 5.82 Å². The second-order valence-corrected chi connectivity index (χ2v) is 3.13. The Morgan fingerprint density at radius 2 is 2.00 bits per heavy atom. The van der Waals surface area contributed by atoms with Gasteiger partial charge < -0.3 is 9.84 Å². The number of aliphatic hydroxyl groups excluding tert-OH is 1. The Kier molecular flexibility index (Phi) is 3.72. The Balaban J connectivity index is 3.24. The van der Waals surface area contributed by atoms with Crippen molar-refractivity contribution in [1.82, 2.24) is 0 Å². The van der Waals surface area contributed by atoms with E-state index in [2.05, 4.69) is 4.74 Å². The van der Waals surface area contributed by atoms with Crippen molar-refractivity contribution in [3.8, 4) is 0 Å². The molecule has 0 fully saturated rings. The first-order valence-electron chi connectivity index (χ1n) is 4.40. The smallest absolute Gasteiger partial charge is 0.419 e. The zero-order valence-electron chi connectivity index (χ0n) is 8.58. The van der Waals surface area contributed by atoms with Gasteiger partial charge in [0.15, 0.2) is 6.10 Å². The number of carbonyl (C=O) groups is 1. The van der Waals surface area contributed by atoms with E-state index in [9.17, 15) is 27.5 Å². The SMILES string of the molecule is COC(=O)C(O)c1cccc(C(F)(F)F)c1F. The summed E-state index contributed by atoms with van der Waals surface area (Å²) in [4.78, 5) is 10.9. The molecule has 0 radical (unpaired) electrons. The fourth-order valence-electron chi connectivity index (χ4n) is 1.22. The molecule has 1 rings (SSSR count). The standard InChI is InChI=1S/C10H8F4O3/c1-17-9(16)8(15)5-3-2-4-6(7(5)11)10(12,13)14/h2-4,8,15H,1H3. The van der Waals surface area contributed by atoms with Crippen molar-refractivity contribution in [2.24, 2.45) is 0 Å². The van der Waals surface area contributed by atoms with E-state index in [0.29, 0.717) is 6.07 Å². The molecule has 0 heterocycles. The predicted octanol–water partition coefficient (Wildman–Crippen LogP) is 2.05. The molecule has 0 spiro atoms. The summed E-state index contributed by atoms with van der Waals surface area (Å²) in [5, 5.41) is 9.28. The van der Waals surface area contributed by atoms with Gasteiger partial charge in [-0.3, -0.25) is 0 Å². The van der Waals surface area contributed by atoms with Crippen LogP contribution in [0.2, 0.25) is 0 Å². The number of benzene rings is 1. The van der Waals surface area contributed by atoms with E-state index < -0.39 is 35.2 Å². The number of aliphatic hydroxyl groups is 1. The molecule has 0 aliphatic carbocycles. The third kappa shape index (κ3) is 2.73. The van der Waals surface area contributed by atoms with Gasteiger partial charge >= 0.3 is 12.1 Å². The molecule has 17 heavy (non-hydrogen) atoms. The Morgan fingerprint density at radius 3 is 2.47 bits per heavy atom. The fourth-order valence-corrected chi connectivity index (χ4v) is 1.22. The molecule has 7 heteroatoms. The molecule has 1 aromatic rings. The summed E-state index contributed by atoms with van der Waals surface area (Å²) in [7, 11) is 0.928. The summed E-state index contributed by atoms with van der Waals surface area (Å²) in [6.45, 7) is 0. The van der Waals surface area contributed by atoms with Gasteiger partial charge in [-0.1, -0.05) is 12.1 Å². The van der Waals surface area contributed by atoms with E-state index in [1.54, 1.807) is 0 Å². The van der Waals surface area contributed by atoms with E-state index in [1.807, 2.05) is 0 Å². The third-order valence-corrected chi connectivity index (χ3v) is 2.05. The van der Waals surface area contributed by atoms with Crippen LogP contribution in [0.25, 0.3) is 0 Å². The molecule has 1 N–H and O–H groups in total. The first-order valence-corrected chi connectivity index (χ1v) is 4.40. The first-order chi connectivity index (χ1) is 7.79. The van der Waals surface area contributed by atoms with Crippen LogP contribution in [0, 0.1) is 5.82 Å². The lowest BCUT2D eigenvalue weighted by Gasteiger charge is -2.13. The van der Waals surface area contributed by atoms with Gasteiger partial charge in [0.2, 0.25) is 0 Å². The first kappa shape index (κ1) is 13.4. The third-order valence-electron chi connectivity index (χ3n) is 2.05. The van der Waals surface area contributed by atoms with Crippen molar-refractivity contribution < 1.29 is 32.2 Å². The van der Waals surface area contributed by atoms with Crippen molar-refractivity contribution in [3.63, 3.8) is 0 Å². The second-order valence-electron chi connectivity index (χ2n) is 3.13. The maximum Gasteiger partial charge on any atom is 0.419 e. The normalized spacial score (nSPS) is 13.3. The van der Waals surface area contributed by atoms with Crippen molar-refractivity contribution in [3.05, 3.63) is 35.1 Å². The van der Waals surface area contributed by atoms with Crippen LogP contribution in [0.4, 0.5) is 17.6 Å². The zero-order valence-corrected chi connectivity index (χ0v) is 8.58. The van der Waals surface area contributed by atoms with Crippen LogP contribution in [0.1, 0.15) is 17.2 Å². The number of hydrogen-bond donors (Lipinski definition) is 1. The van der Waals surface area contributed by atoms with Gasteiger partial charge in [-0.25, -0.2) is 9.18 Å². The van der Waals surface area contributed by atoms with Crippen LogP contribution in [0.15, 0.2) is 18.2 Å². The molecule has 3 nitrogen and oxygen atoms in total. The van der Waals surface area contributed by atoms with Gasteiger partial charge in [0, 0.05) is 5.56 Å². The number of halogens is 4. The molecular formula is C10H8F4O3. The van der Waals surface area contributed by atoms with Crippen LogP contribution in [0.3, 0.4) is 0 Å². The summed E-state index contributed by atoms with van der Waals surface area (Å²) in [5.41, 5.74) is -2.32. The van der Waals surface area contributed by atoms with E-state index in [4.69, 9.17) is 0 Å². The molecule has 0 aliphatic heterocycles. The van der Waals surface area contributed by atoms with Crippen LogP contribution in [-0.2, 0) is 15.7 Å². The van der Waals surface area contributed by atoms with Gasteiger partial charge in [-0.15, -0.1) is 0 Å². The lowest BCUT2D eigenvalue weighted by molar-refractivity contribution is -0.151. The molecule has 0 saturated carbocycles. The average molecular weight is 252 g/mol. The summed E-state index contributed by atoms with van der Waals surface area (Å²) < 4.78 is 54.5. The Hall–Kier alpha value is -1.63. The molecule has 0 aromatic heterocycles. The van der Waals surface area contributed by atoms with Gasteiger partial charge in [0.25, 0.3) is 0 Å². The van der Waals surface area contributed by atoms with E-state index in [1.165, 1.54) is 0 Å². The number of methoxy groups -OCH3 is 1. The highest BCUT2D eigenvalue weighted by Crippen LogP contribution is 2.33. The Bertz CT molecular complexity index is 428. The number of hydrogen-bond acceptors (Lipinski definition) is 3. The second kappa shape index (κ2) is 4.70. The van der Waals surface area contributed by atoms with E-state index in [0.717, 1.165) is 19.2 Å². The van der Waals surface area contributed by atoms with E-state index in [-0.39, 0.29) is 0 Å². The summed E-state index contributed by atoms with van der Waals surface area (Å²) >= 11 is 0. The molecule has 0 aliphatic rings. The predicted molar refractivity (Wildman–Crippen MR) is 48.4 cm³/mol. The fraction of sp³-hybridized carbons (Fsp3) is 0.300. The molecule has 94 valence electrons. The molecule has 0 saturated heterocycles. The summed E-state index contributed by atoms with van der Waals surface area (Å²) in [6, 6.07) is 2.29. The van der Waals surface area contributed by atoms with Gasteiger partial charge in [-0.05, 0) is 6.07 Å². The minimum atomic E-state index is -4.89. The highest BCUT2D eigenvalue weighted by Gasteiger charge is 2.36. The largest absolute Gasteiger partial charge is 0.467 e. The van der Waals surface area contributed by atoms with Crippen molar-refractivity contribution in [1.29, 1.82) is 0 Å². The molecular weight excluding hydrogens is 244 g/mol. The molecule has 0 amide bonds. The van der Waals surface area contributed by atoms with Crippen LogP contribution < -0.4 is 0 Å². The highest BCUT2D eigenvalue weighted by molar-refractivity contribution is 5.76. The Labute approximate surface area is 93.6 Å². The lowest BCUT2D eigenvalue weighted by atomic mass is 10.0. The number of carbonyl (C=O) groups excluding carboxylic acids is 1. The maximum absolute atomic E-state index is 13.4. The van der Waals surface area contributed by atoms with Crippen molar-refractivity contribution in [2.45, 2.75) is 12.3 Å². The quantitative estimate of drug-likeness (QED) is 0.647. The average Bonchev–Trinajstić information content (AvgIpc) is 2.25. The number of esters is 1. The minimum Gasteiger partial charge on any atom is -0.467 e. The number of alkyl halides is 3. The Morgan fingerprint density at radius 1 is 1.41 bits per heavy atom. The van der Waals surface area contributed by atoms with Crippen LogP contribution in [-0.4, -0.2) is 18.2 Å². The number of rotatable bonds is 2. The van der Waals surface area contributed by atoms with Crippen molar-refractivity contribution >= 4 is 5.97 Å². The molecule has 1 unspecified atom stereocenters. The van der Waals surface area contributed by atoms with Crippen molar-refractivity contribution in [2.75, 3.05) is 7.11 Å². The van der Waals surface area contributed by atoms with Crippen LogP contribution in [0.5, 0.6) is 0 Å². The molecule has 1 atom stereocenters. The van der Waals surface area contributed by atoms with Crippen LogP contribution >= 0.6 is 0 Å². The molecule has 0 bridgehead atoms. The van der Waals surface area contributed by atoms with Gasteiger partial charge in [0.05, 0.1) is 12.7 Å². The minimum absolute atomic E-state index is 0.517. The number of ether oxygens (including phenoxy) is 1. The molecule has 1 aromatic carbocycles. The monoisotopic (exact) mass is 252 g/mol. The summed E-state index contributed by atoms with van der Waals surface area (Å²) in [6.07, 6.45) is -6.97. The highest BCUT2D eigenvalue weighted by atomic mass is 19.4. The summed E-state index contributed by atoms with van der Waals surface area (Å²) in [5.74, 6) is -2.92.